The quantitative estimate of drug-likeness (QED) is 0.852. The van der Waals surface area contributed by atoms with Gasteiger partial charge in [0.15, 0.2) is 0 Å². The number of carbonyl (C=O) groups is 1. The average molecular weight is 314 g/mol. The lowest BCUT2D eigenvalue weighted by Gasteiger charge is -2.34. The molecule has 1 N–H and O–H groups in total. The van der Waals surface area contributed by atoms with E-state index in [-0.39, 0.29) is 17.2 Å². The average Bonchev–Trinajstić information content (AvgIpc) is 3.05. The van der Waals surface area contributed by atoms with E-state index in [0.717, 1.165) is 25.2 Å². The molecule has 0 atom stereocenters. The molecule has 6 heteroatoms. The Kier molecular flexibility index (Phi) is 4.03. The van der Waals surface area contributed by atoms with Gasteiger partial charge in [-0.2, -0.15) is 0 Å². The van der Waals surface area contributed by atoms with E-state index in [2.05, 4.69) is 5.32 Å². The second-order valence-corrected chi connectivity index (χ2v) is 9.16. The summed E-state index contributed by atoms with van der Waals surface area (Å²) in [6.07, 6.45) is 7.02. The maximum Gasteiger partial charge on any atom is 0.222 e. The molecule has 5 nitrogen and oxygen atoms in total. The summed E-state index contributed by atoms with van der Waals surface area (Å²) >= 11 is 0. The molecule has 0 unspecified atom stereocenters. The SMILES string of the molecule is CNC(=O)C1CCN(S(=O)(=O)CC23CCC(CC2)C3)CC1. The molecule has 0 aromatic carbocycles. The fourth-order valence-electron chi connectivity index (χ4n) is 4.59. The lowest BCUT2D eigenvalue weighted by Crippen LogP contribution is -2.45. The van der Waals surface area contributed by atoms with E-state index < -0.39 is 10.0 Å². The minimum Gasteiger partial charge on any atom is -0.359 e. The molecule has 0 spiro atoms. The van der Waals surface area contributed by atoms with E-state index >= 15 is 0 Å². The van der Waals surface area contributed by atoms with Crippen LogP contribution in [0.15, 0.2) is 0 Å². The summed E-state index contributed by atoms with van der Waals surface area (Å²) in [6.45, 7) is 1.000. The predicted octanol–water partition coefficient (Wildman–Crippen LogP) is 1.35. The highest BCUT2D eigenvalue weighted by atomic mass is 32.2. The highest BCUT2D eigenvalue weighted by Gasteiger charge is 2.48. The predicted molar refractivity (Wildman–Crippen MR) is 81.2 cm³/mol. The van der Waals surface area contributed by atoms with Gasteiger partial charge >= 0.3 is 0 Å². The van der Waals surface area contributed by atoms with E-state index in [1.807, 2.05) is 0 Å². The Morgan fingerprint density at radius 1 is 1.19 bits per heavy atom. The van der Waals surface area contributed by atoms with Crippen LogP contribution in [0.1, 0.15) is 44.9 Å². The van der Waals surface area contributed by atoms with Gasteiger partial charge in [-0.1, -0.05) is 0 Å². The molecule has 3 fully saturated rings. The first-order chi connectivity index (χ1) is 9.94. The number of rotatable bonds is 4. The molecule has 1 aliphatic heterocycles. The second-order valence-electron chi connectivity index (χ2n) is 7.19. The van der Waals surface area contributed by atoms with Crippen LogP contribution in [0.25, 0.3) is 0 Å². The highest BCUT2D eigenvalue weighted by molar-refractivity contribution is 7.89. The van der Waals surface area contributed by atoms with Gasteiger partial charge in [-0.3, -0.25) is 4.79 Å². The smallest absolute Gasteiger partial charge is 0.222 e. The van der Waals surface area contributed by atoms with Crippen molar-refractivity contribution in [2.45, 2.75) is 44.9 Å². The Labute approximate surface area is 127 Å². The first-order valence-corrected chi connectivity index (χ1v) is 9.74. The zero-order valence-corrected chi connectivity index (χ0v) is 13.6. The van der Waals surface area contributed by atoms with Gasteiger partial charge in [-0.25, -0.2) is 12.7 Å². The van der Waals surface area contributed by atoms with Crippen molar-refractivity contribution < 1.29 is 13.2 Å². The third-order valence-corrected chi connectivity index (χ3v) is 7.97. The molecule has 1 saturated heterocycles. The fourth-order valence-corrected chi connectivity index (χ4v) is 6.72. The van der Waals surface area contributed by atoms with Crippen LogP contribution >= 0.6 is 0 Å². The van der Waals surface area contributed by atoms with Crippen LogP contribution in [0.3, 0.4) is 0 Å². The molecule has 2 saturated carbocycles. The molecule has 2 bridgehead atoms. The number of amides is 1. The Balaban J connectivity index is 1.60. The number of carbonyl (C=O) groups excluding carboxylic acids is 1. The van der Waals surface area contributed by atoms with Crippen molar-refractivity contribution in [3.05, 3.63) is 0 Å². The van der Waals surface area contributed by atoms with E-state index in [1.165, 1.54) is 12.8 Å². The molecule has 0 radical (unpaired) electrons. The van der Waals surface area contributed by atoms with E-state index in [0.29, 0.717) is 31.7 Å². The van der Waals surface area contributed by atoms with Crippen molar-refractivity contribution in [3.63, 3.8) is 0 Å². The summed E-state index contributed by atoms with van der Waals surface area (Å²) in [7, 11) is -1.52. The van der Waals surface area contributed by atoms with Crippen molar-refractivity contribution in [1.29, 1.82) is 0 Å². The van der Waals surface area contributed by atoms with Crippen LogP contribution in [0.4, 0.5) is 0 Å². The molecule has 3 rings (SSSR count). The number of fused-ring (bicyclic) bond motifs is 2. The first kappa shape index (κ1) is 15.3. The maximum absolute atomic E-state index is 12.7. The number of sulfonamides is 1. The minimum atomic E-state index is -3.16. The molecule has 2 aliphatic carbocycles. The third kappa shape index (κ3) is 2.97. The summed E-state index contributed by atoms with van der Waals surface area (Å²) < 4.78 is 27.0. The molecule has 0 aromatic rings. The van der Waals surface area contributed by atoms with Gasteiger partial charge in [-0.05, 0) is 56.3 Å². The van der Waals surface area contributed by atoms with Crippen LogP contribution in [0.2, 0.25) is 0 Å². The first-order valence-electron chi connectivity index (χ1n) is 8.14. The lowest BCUT2D eigenvalue weighted by atomic mass is 9.87. The molecule has 3 aliphatic rings. The molecule has 21 heavy (non-hydrogen) atoms. The van der Waals surface area contributed by atoms with Gasteiger partial charge in [-0.15, -0.1) is 0 Å². The monoisotopic (exact) mass is 314 g/mol. The number of piperidine rings is 1. The molecule has 120 valence electrons. The van der Waals surface area contributed by atoms with Crippen LogP contribution in [-0.2, 0) is 14.8 Å². The summed E-state index contributed by atoms with van der Waals surface area (Å²) in [5.41, 5.74) is 0.0706. The van der Waals surface area contributed by atoms with Gasteiger partial charge in [0.25, 0.3) is 0 Å². The maximum atomic E-state index is 12.7. The molecule has 1 amide bonds. The Bertz CT molecular complexity index is 501. The van der Waals surface area contributed by atoms with Gasteiger partial charge in [0.1, 0.15) is 0 Å². The van der Waals surface area contributed by atoms with Crippen molar-refractivity contribution in [2.24, 2.45) is 17.3 Å². The van der Waals surface area contributed by atoms with Crippen molar-refractivity contribution in [1.82, 2.24) is 9.62 Å². The van der Waals surface area contributed by atoms with Crippen LogP contribution in [0, 0.1) is 17.3 Å². The second kappa shape index (κ2) is 5.54. The Morgan fingerprint density at radius 2 is 1.81 bits per heavy atom. The third-order valence-electron chi connectivity index (χ3n) is 5.84. The van der Waals surface area contributed by atoms with Crippen molar-refractivity contribution in [3.8, 4) is 0 Å². The lowest BCUT2D eigenvalue weighted by molar-refractivity contribution is -0.125. The number of nitrogens with zero attached hydrogens (tertiary/aromatic N) is 1. The number of hydrogen-bond acceptors (Lipinski definition) is 3. The Morgan fingerprint density at radius 3 is 2.29 bits per heavy atom. The van der Waals surface area contributed by atoms with E-state index in [1.54, 1.807) is 11.4 Å². The van der Waals surface area contributed by atoms with Crippen molar-refractivity contribution >= 4 is 15.9 Å². The van der Waals surface area contributed by atoms with E-state index in [9.17, 15) is 13.2 Å². The fraction of sp³-hybridized carbons (Fsp3) is 0.933. The standard InChI is InChI=1S/C15H26N2O3S/c1-16-14(18)13-4-8-17(9-5-13)21(19,20)11-15-6-2-12(10-15)3-7-15/h12-13H,2-11H2,1H3,(H,16,18). The largest absolute Gasteiger partial charge is 0.359 e. The molecule has 0 aromatic heterocycles. The normalized spacial score (nSPS) is 34.2. The molecular weight excluding hydrogens is 288 g/mol. The van der Waals surface area contributed by atoms with E-state index in [4.69, 9.17) is 0 Å². The number of nitrogens with one attached hydrogen (secondary N) is 1. The van der Waals surface area contributed by atoms with Crippen LogP contribution in [0.5, 0.6) is 0 Å². The van der Waals surface area contributed by atoms with Crippen molar-refractivity contribution in [2.75, 3.05) is 25.9 Å². The van der Waals surface area contributed by atoms with Gasteiger partial charge < -0.3 is 5.32 Å². The summed E-state index contributed by atoms with van der Waals surface area (Å²) in [6, 6.07) is 0. The highest BCUT2D eigenvalue weighted by Crippen LogP contribution is 2.54. The van der Waals surface area contributed by atoms with Crippen LogP contribution < -0.4 is 5.32 Å². The topological polar surface area (TPSA) is 66.5 Å². The zero-order chi connectivity index (χ0) is 15.1. The molecular formula is C15H26N2O3S. The van der Waals surface area contributed by atoms with Crippen LogP contribution in [-0.4, -0.2) is 44.5 Å². The summed E-state index contributed by atoms with van der Waals surface area (Å²) in [4.78, 5) is 11.6. The van der Waals surface area contributed by atoms with Gasteiger partial charge in [0.05, 0.1) is 5.75 Å². The molecule has 1 heterocycles. The summed E-state index contributed by atoms with van der Waals surface area (Å²) in [5.74, 6) is 1.13. The number of hydrogen-bond donors (Lipinski definition) is 1. The van der Waals surface area contributed by atoms with Gasteiger partial charge in [0, 0.05) is 26.1 Å². The zero-order valence-electron chi connectivity index (χ0n) is 12.8. The Hall–Kier alpha value is -0.620. The van der Waals surface area contributed by atoms with Gasteiger partial charge in [0.2, 0.25) is 15.9 Å². The summed E-state index contributed by atoms with van der Waals surface area (Å²) in [5, 5.41) is 2.66. The minimum absolute atomic E-state index is 0.0260.